The zero-order valence-electron chi connectivity index (χ0n) is 18.3. The third kappa shape index (κ3) is 5.06. The highest BCUT2D eigenvalue weighted by Crippen LogP contribution is 2.54. The van der Waals surface area contributed by atoms with Gasteiger partial charge in [-0.05, 0) is 68.2 Å². The first kappa shape index (κ1) is 24.1. The van der Waals surface area contributed by atoms with Crippen molar-refractivity contribution in [1.29, 1.82) is 0 Å². The molecule has 1 aromatic rings. The van der Waals surface area contributed by atoms with E-state index in [0.29, 0.717) is 56.2 Å². The van der Waals surface area contributed by atoms with Gasteiger partial charge in [0, 0.05) is 24.1 Å². The van der Waals surface area contributed by atoms with Gasteiger partial charge in [0.1, 0.15) is 18.3 Å². The summed E-state index contributed by atoms with van der Waals surface area (Å²) in [7, 11) is -3.56. The fraction of sp³-hybridized carbons (Fsp3) is 0.609. The third-order valence-electron chi connectivity index (χ3n) is 7.45. The number of halogens is 3. The van der Waals surface area contributed by atoms with Crippen LogP contribution in [0.15, 0.2) is 41.1 Å². The Morgan fingerprint density at radius 3 is 2.18 bits per heavy atom. The number of hydrogen-bond acceptors (Lipinski definition) is 5. The van der Waals surface area contributed by atoms with Gasteiger partial charge in [-0.2, -0.15) is 0 Å². The number of sulfone groups is 1. The van der Waals surface area contributed by atoms with Crippen LogP contribution in [0.2, 0.25) is 0 Å². The van der Waals surface area contributed by atoms with Crippen molar-refractivity contribution < 1.29 is 31.1 Å². The molecule has 182 valence electrons. The number of nitrogens with one attached hydrogen (secondary N) is 1. The number of hydrogen-bond donors (Lipinski definition) is 2. The molecule has 0 aliphatic heterocycles. The smallest absolute Gasteiger partial charge is 0.260 e. The van der Waals surface area contributed by atoms with E-state index < -0.39 is 33.1 Å². The van der Waals surface area contributed by atoms with Crippen molar-refractivity contribution in [1.82, 2.24) is 5.32 Å². The molecule has 0 radical (unpaired) electrons. The second-order valence-corrected chi connectivity index (χ2v) is 11.8. The summed E-state index contributed by atoms with van der Waals surface area (Å²) in [6.07, 6.45) is 3.71. The van der Waals surface area contributed by atoms with Crippen LogP contribution in [0.25, 0.3) is 0 Å². The molecule has 0 heterocycles. The molecule has 2 bridgehead atoms. The molecule has 1 aromatic carbocycles. The van der Waals surface area contributed by atoms with Gasteiger partial charge < -0.3 is 15.8 Å². The van der Waals surface area contributed by atoms with Gasteiger partial charge in [0.05, 0.1) is 17.0 Å². The van der Waals surface area contributed by atoms with E-state index in [-0.39, 0.29) is 35.6 Å². The monoisotopic (exact) mass is 486 g/mol. The van der Waals surface area contributed by atoms with Gasteiger partial charge in [0.15, 0.2) is 9.84 Å². The number of rotatable bonds is 9. The quantitative estimate of drug-likeness (QED) is 0.557. The maximum absolute atomic E-state index is 13.2. The topological polar surface area (TPSA) is 98.5 Å². The molecule has 6 nitrogen and oxygen atoms in total. The van der Waals surface area contributed by atoms with Crippen LogP contribution in [0.4, 0.5) is 13.2 Å². The van der Waals surface area contributed by atoms with Crippen LogP contribution in [0.1, 0.15) is 44.9 Å². The van der Waals surface area contributed by atoms with E-state index >= 15 is 0 Å². The van der Waals surface area contributed by atoms with E-state index in [0.717, 1.165) is 0 Å². The van der Waals surface area contributed by atoms with Crippen LogP contribution in [0, 0.1) is 11.3 Å². The largest absolute Gasteiger partial charge is 0.489 e. The molecule has 1 atom stereocenters. The van der Waals surface area contributed by atoms with Gasteiger partial charge in [-0.3, -0.25) is 4.79 Å². The van der Waals surface area contributed by atoms with Crippen LogP contribution in [0.3, 0.4) is 0 Å². The normalized spacial score (nSPS) is 30.7. The third-order valence-corrected chi connectivity index (χ3v) is 9.44. The molecule has 0 saturated heterocycles. The van der Waals surface area contributed by atoms with Gasteiger partial charge in [0.25, 0.3) is 5.92 Å². The second kappa shape index (κ2) is 8.61. The second-order valence-electron chi connectivity index (χ2n) is 9.78. The molecule has 4 fully saturated rings. The summed E-state index contributed by atoms with van der Waals surface area (Å²) in [5.74, 6) is -4.27. The molecule has 10 heteroatoms. The van der Waals surface area contributed by atoms with E-state index in [4.69, 9.17) is 10.5 Å². The highest BCUT2D eigenvalue weighted by Gasteiger charge is 2.62. The van der Waals surface area contributed by atoms with Crippen LogP contribution in [-0.4, -0.2) is 44.7 Å². The standard InChI is InChI=1S/C23H29F3N2O4S/c24-12-16(13-27)14-32-17-1-3-18(4-2-17)33(30,31)15-21-5-8-22(9-6-21,10-7-21)28-20(29)19-11-23(19,25)26/h1-4,12,19H,5-11,13-15,27H2,(H,28,29). The summed E-state index contributed by atoms with van der Waals surface area (Å²) in [5.41, 5.74) is 4.82. The Morgan fingerprint density at radius 1 is 1.12 bits per heavy atom. The number of carbonyl (C=O) groups excluding carboxylic acids is 1. The predicted molar refractivity (Wildman–Crippen MR) is 116 cm³/mol. The Labute approximate surface area is 191 Å². The van der Waals surface area contributed by atoms with Gasteiger partial charge in [0.2, 0.25) is 5.91 Å². The van der Waals surface area contributed by atoms with Crippen LogP contribution in [0.5, 0.6) is 5.75 Å². The highest BCUT2D eigenvalue weighted by atomic mass is 32.2. The van der Waals surface area contributed by atoms with E-state index in [1.807, 2.05) is 0 Å². The first-order valence-electron chi connectivity index (χ1n) is 11.2. The molecule has 5 rings (SSSR count). The molecule has 4 aliphatic carbocycles. The molecule has 4 saturated carbocycles. The Hall–Kier alpha value is -2.07. The number of alkyl halides is 2. The summed E-state index contributed by atoms with van der Waals surface area (Å²) >= 11 is 0. The summed E-state index contributed by atoms with van der Waals surface area (Å²) in [4.78, 5) is 12.4. The molecular weight excluding hydrogens is 457 g/mol. The lowest BCUT2D eigenvalue weighted by atomic mass is 9.58. The lowest BCUT2D eigenvalue weighted by Gasteiger charge is -2.53. The Bertz CT molecular complexity index is 1020. The van der Waals surface area contributed by atoms with E-state index in [2.05, 4.69) is 5.32 Å². The Kier molecular flexibility index (Phi) is 6.28. The average molecular weight is 487 g/mol. The maximum Gasteiger partial charge on any atom is 0.260 e. The molecule has 1 amide bonds. The molecule has 33 heavy (non-hydrogen) atoms. The molecule has 1 unspecified atom stereocenters. The van der Waals surface area contributed by atoms with Crippen molar-refractivity contribution >= 4 is 15.7 Å². The molecular formula is C23H29F3N2O4S. The molecule has 0 aromatic heterocycles. The number of nitrogens with two attached hydrogens (primary N) is 1. The van der Waals surface area contributed by atoms with E-state index in [1.165, 1.54) is 24.3 Å². The maximum atomic E-state index is 13.2. The van der Waals surface area contributed by atoms with Crippen molar-refractivity contribution in [2.75, 3.05) is 18.9 Å². The first-order chi connectivity index (χ1) is 15.5. The highest BCUT2D eigenvalue weighted by molar-refractivity contribution is 7.91. The molecule has 3 N–H and O–H groups in total. The van der Waals surface area contributed by atoms with Crippen LogP contribution >= 0.6 is 0 Å². The molecule has 4 aliphatic rings. The number of amides is 1. The van der Waals surface area contributed by atoms with Gasteiger partial charge in [-0.15, -0.1) is 0 Å². The number of carbonyl (C=O) groups is 1. The fourth-order valence-corrected chi connectivity index (χ4v) is 7.01. The average Bonchev–Trinajstić information content (AvgIpc) is 3.44. The van der Waals surface area contributed by atoms with Crippen molar-refractivity contribution in [3.8, 4) is 5.75 Å². The van der Waals surface area contributed by atoms with E-state index in [1.54, 1.807) is 0 Å². The van der Waals surface area contributed by atoms with E-state index in [9.17, 15) is 26.4 Å². The minimum absolute atomic E-state index is 0.00678. The number of benzene rings is 1. The minimum atomic E-state index is -3.56. The van der Waals surface area contributed by atoms with Gasteiger partial charge in [-0.1, -0.05) is 0 Å². The lowest BCUT2D eigenvalue weighted by molar-refractivity contribution is -0.128. The van der Waals surface area contributed by atoms with Crippen LogP contribution < -0.4 is 15.8 Å². The predicted octanol–water partition coefficient (Wildman–Crippen LogP) is 3.52. The molecule has 0 spiro atoms. The van der Waals surface area contributed by atoms with Crippen molar-refractivity contribution in [3.63, 3.8) is 0 Å². The summed E-state index contributed by atoms with van der Waals surface area (Å²) < 4.78 is 70.7. The Morgan fingerprint density at radius 2 is 1.70 bits per heavy atom. The summed E-state index contributed by atoms with van der Waals surface area (Å²) in [6.45, 7) is 0.0158. The SMILES string of the molecule is NCC(=CF)COc1ccc(S(=O)(=O)CC23CCC(NC(=O)C4CC4(F)F)(CC2)CC3)cc1. The van der Waals surface area contributed by atoms with Gasteiger partial charge in [-0.25, -0.2) is 21.6 Å². The minimum Gasteiger partial charge on any atom is -0.489 e. The summed E-state index contributed by atoms with van der Waals surface area (Å²) in [5, 5.41) is 2.87. The number of ether oxygens (including phenoxy) is 1. The fourth-order valence-electron chi connectivity index (χ4n) is 5.05. The first-order valence-corrected chi connectivity index (χ1v) is 12.8. The van der Waals surface area contributed by atoms with Crippen molar-refractivity contribution in [2.24, 2.45) is 17.1 Å². The summed E-state index contributed by atoms with van der Waals surface area (Å²) in [6, 6.07) is 6.03. The van der Waals surface area contributed by atoms with Crippen molar-refractivity contribution in [2.45, 2.75) is 61.3 Å². The zero-order chi connectivity index (χ0) is 23.9. The van der Waals surface area contributed by atoms with Crippen LogP contribution in [-0.2, 0) is 14.6 Å². The lowest BCUT2D eigenvalue weighted by Crippen LogP contribution is -2.58. The van der Waals surface area contributed by atoms with Gasteiger partial charge >= 0.3 is 0 Å². The number of fused-ring (bicyclic) bond motifs is 3. The van der Waals surface area contributed by atoms with Crippen molar-refractivity contribution in [3.05, 3.63) is 36.2 Å². The zero-order valence-corrected chi connectivity index (χ0v) is 19.1. The Balaban J connectivity index is 1.35.